The number of rotatable bonds is 8. The van der Waals surface area contributed by atoms with Crippen molar-refractivity contribution < 1.29 is 9.59 Å². The lowest BCUT2D eigenvalue weighted by Crippen LogP contribution is -2.19. The van der Waals surface area contributed by atoms with Gasteiger partial charge in [-0.2, -0.15) is 0 Å². The van der Waals surface area contributed by atoms with E-state index < -0.39 is 5.25 Å². The van der Waals surface area contributed by atoms with Gasteiger partial charge in [-0.05, 0) is 48.4 Å². The fourth-order valence-electron chi connectivity index (χ4n) is 2.83. The van der Waals surface area contributed by atoms with Crippen molar-refractivity contribution in [1.29, 1.82) is 0 Å². The van der Waals surface area contributed by atoms with Crippen LogP contribution in [0.25, 0.3) is 0 Å². The first-order chi connectivity index (χ1) is 14.2. The van der Waals surface area contributed by atoms with E-state index in [2.05, 4.69) is 10.6 Å². The molecule has 2 amide bonds. The minimum absolute atomic E-state index is 0.0114. The Morgan fingerprint density at radius 1 is 0.793 bits per heavy atom. The van der Waals surface area contributed by atoms with E-state index >= 15 is 0 Å². The molecule has 29 heavy (non-hydrogen) atoms. The smallest absolute Gasteiger partial charge is 0.242 e. The molecule has 0 bridgehead atoms. The first-order valence-electron chi connectivity index (χ1n) is 9.63. The molecule has 3 aromatic carbocycles. The largest absolute Gasteiger partial charge is 0.326 e. The maximum atomic E-state index is 13.0. The Balaban J connectivity index is 1.75. The standard InChI is InChI=1S/C24H24N2O2S/c1-2-9-22(27)25-20-14-16-21(17-15-20)29-23(18-10-5-3-6-11-18)24(28)26-19-12-7-4-8-13-19/h3-8,10-17,23H,2,9H2,1H3,(H,25,27)(H,26,28). The summed E-state index contributed by atoms with van der Waals surface area (Å²) in [6.45, 7) is 1.98. The van der Waals surface area contributed by atoms with Gasteiger partial charge in [0, 0.05) is 22.7 Å². The number of hydrogen-bond donors (Lipinski definition) is 2. The number of hydrogen-bond acceptors (Lipinski definition) is 3. The maximum Gasteiger partial charge on any atom is 0.242 e. The molecule has 0 aliphatic rings. The molecule has 0 aromatic heterocycles. The van der Waals surface area contributed by atoms with E-state index in [0.29, 0.717) is 6.42 Å². The number of benzene rings is 3. The summed E-state index contributed by atoms with van der Waals surface area (Å²) in [6, 6.07) is 26.8. The summed E-state index contributed by atoms with van der Waals surface area (Å²) in [5.41, 5.74) is 2.47. The molecule has 0 aliphatic carbocycles. The Bertz CT molecular complexity index is 928. The van der Waals surface area contributed by atoms with Crippen LogP contribution in [-0.2, 0) is 9.59 Å². The van der Waals surface area contributed by atoms with Crippen molar-refractivity contribution in [2.24, 2.45) is 0 Å². The van der Waals surface area contributed by atoms with Crippen molar-refractivity contribution in [2.45, 2.75) is 29.9 Å². The van der Waals surface area contributed by atoms with Crippen LogP contribution in [0.4, 0.5) is 11.4 Å². The molecule has 0 spiro atoms. The number of thioether (sulfide) groups is 1. The highest BCUT2D eigenvalue weighted by Gasteiger charge is 2.22. The van der Waals surface area contributed by atoms with Gasteiger partial charge in [0.1, 0.15) is 5.25 Å². The van der Waals surface area contributed by atoms with E-state index in [1.54, 1.807) is 0 Å². The fraction of sp³-hybridized carbons (Fsp3) is 0.167. The van der Waals surface area contributed by atoms with Crippen LogP contribution in [0, 0.1) is 0 Å². The molecule has 4 nitrogen and oxygen atoms in total. The van der Waals surface area contributed by atoms with Crippen LogP contribution >= 0.6 is 11.8 Å². The van der Waals surface area contributed by atoms with Crippen molar-refractivity contribution in [2.75, 3.05) is 10.6 Å². The predicted molar refractivity (Wildman–Crippen MR) is 120 cm³/mol. The molecule has 3 aromatic rings. The second-order valence-electron chi connectivity index (χ2n) is 6.59. The zero-order chi connectivity index (χ0) is 20.5. The number of amides is 2. The minimum atomic E-state index is -0.392. The van der Waals surface area contributed by atoms with Gasteiger partial charge < -0.3 is 10.6 Å². The van der Waals surface area contributed by atoms with Crippen LogP contribution in [0.15, 0.2) is 89.8 Å². The van der Waals surface area contributed by atoms with Gasteiger partial charge in [0.05, 0.1) is 0 Å². The normalized spacial score (nSPS) is 11.5. The van der Waals surface area contributed by atoms with Crippen LogP contribution in [0.2, 0.25) is 0 Å². The SMILES string of the molecule is CCCC(=O)Nc1ccc(SC(C(=O)Nc2ccccc2)c2ccccc2)cc1. The highest BCUT2D eigenvalue weighted by molar-refractivity contribution is 8.00. The van der Waals surface area contributed by atoms with E-state index in [1.807, 2.05) is 91.9 Å². The highest BCUT2D eigenvalue weighted by Crippen LogP contribution is 2.36. The van der Waals surface area contributed by atoms with Gasteiger partial charge >= 0.3 is 0 Å². The molecular formula is C24H24N2O2S. The van der Waals surface area contributed by atoms with Crippen molar-refractivity contribution in [3.8, 4) is 0 Å². The Hall–Kier alpha value is -3.05. The summed E-state index contributed by atoms with van der Waals surface area (Å²) in [6.07, 6.45) is 1.32. The molecule has 2 N–H and O–H groups in total. The Morgan fingerprint density at radius 3 is 2.00 bits per heavy atom. The molecule has 0 saturated heterocycles. The Labute approximate surface area is 175 Å². The van der Waals surface area contributed by atoms with Crippen molar-refractivity contribution in [1.82, 2.24) is 0 Å². The summed E-state index contributed by atoms with van der Waals surface area (Å²) in [7, 11) is 0. The maximum absolute atomic E-state index is 13.0. The lowest BCUT2D eigenvalue weighted by Gasteiger charge is -2.17. The molecule has 0 aliphatic heterocycles. The Kier molecular flexibility index (Phi) is 7.47. The third-order valence-electron chi connectivity index (χ3n) is 4.25. The Morgan fingerprint density at radius 2 is 1.38 bits per heavy atom. The number of carbonyl (C=O) groups excluding carboxylic acids is 2. The lowest BCUT2D eigenvalue weighted by atomic mass is 10.1. The zero-order valence-electron chi connectivity index (χ0n) is 16.3. The number of para-hydroxylation sites is 1. The van der Waals surface area contributed by atoms with Crippen LogP contribution in [-0.4, -0.2) is 11.8 Å². The molecule has 0 radical (unpaired) electrons. The number of nitrogens with one attached hydrogen (secondary N) is 2. The average molecular weight is 405 g/mol. The highest BCUT2D eigenvalue weighted by atomic mass is 32.2. The van der Waals surface area contributed by atoms with Crippen molar-refractivity contribution in [3.63, 3.8) is 0 Å². The van der Waals surface area contributed by atoms with Crippen LogP contribution in [0.1, 0.15) is 30.6 Å². The summed E-state index contributed by atoms with van der Waals surface area (Å²) >= 11 is 1.48. The first-order valence-corrected chi connectivity index (χ1v) is 10.5. The monoisotopic (exact) mass is 404 g/mol. The second kappa shape index (κ2) is 10.5. The summed E-state index contributed by atoms with van der Waals surface area (Å²) in [5, 5.41) is 5.49. The molecule has 1 unspecified atom stereocenters. The van der Waals surface area contributed by atoms with Gasteiger partial charge in [-0.25, -0.2) is 0 Å². The molecule has 0 heterocycles. The van der Waals surface area contributed by atoms with Gasteiger partial charge in [0.2, 0.25) is 11.8 Å². The molecule has 0 saturated carbocycles. The van der Waals surface area contributed by atoms with Crippen molar-refractivity contribution >= 4 is 35.0 Å². The topological polar surface area (TPSA) is 58.2 Å². The van der Waals surface area contributed by atoms with Gasteiger partial charge in [-0.3, -0.25) is 9.59 Å². The van der Waals surface area contributed by atoms with Gasteiger partial charge in [-0.15, -0.1) is 11.8 Å². The van der Waals surface area contributed by atoms with Crippen LogP contribution < -0.4 is 10.6 Å². The van der Waals surface area contributed by atoms with E-state index in [-0.39, 0.29) is 11.8 Å². The molecule has 148 valence electrons. The molecular weight excluding hydrogens is 380 g/mol. The molecule has 1 atom stereocenters. The lowest BCUT2D eigenvalue weighted by molar-refractivity contribution is -0.116. The number of anilines is 2. The summed E-state index contributed by atoms with van der Waals surface area (Å²) < 4.78 is 0. The van der Waals surface area contributed by atoms with E-state index in [1.165, 1.54) is 11.8 Å². The van der Waals surface area contributed by atoms with Gasteiger partial charge in [0.25, 0.3) is 0 Å². The molecule has 3 rings (SSSR count). The third-order valence-corrected chi connectivity index (χ3v) is 5.52. The quantitative estimate of drug-likeness (QED) is 0.460. The van der Waals surface area contributed by atoms with Gasteiger partial charge in [0.15, 0.2) is 0 Å². The predicted octanol–water partition coefficient (Wildman–Crippen LogP) is 5.90. The van der Waals surface area contributed by atoms with Crippen molar-refractivity contribution in [3.05, 3.63) is 90.5 Å². The average Bonchev–Trinajstić information content (AvgIpc) is 2.74. The van der Waals surface area contributed by atoms with Gasteiger partial charge in [-0.1, -0.05) is 55.5 Å². The molecule has 0 fully saturated rings. The first kappa shape index (κ1) is 20.7. The van der Waals surface area contributed by atoms with Crippen LogP contribution in [0.5, 0.6) is 0 Å². The second-order valence-corrected chi connectivity index (χ2v) is 7.76. The summed E-state index contributed by atoms with van der Waals surface area (Å²) in [4.78, 5) is 25.7. The third kappa shape index (κ3) is 6.22. The van der Waals surface area contributed by atoms with E-state index in [9.17, 15) is 9.59 Å². The fourth-order valence-corrected chi connectivity index (χ4v) is 3.86. The van der Waals surface area contributed by atoms with E-state index in [0.717, 1.165) is 28.3 Å². The van der Waals surface area contributed by atoms with E-state index in [4.69, 9.17) is 0 Å². The molecule has 5 heteroatoms. The summed E-state index contributed by atoms with van der Waals surface area (Å²) in [5.74, 6) is -0.0648. The number of carbonyl (C=O) groups is 2. The minimum Gasteiger partial charge on any atom is -0.326 e. The van der Waals surface area contributed by atoms with Crippen LogP contribution in [0.3, 0.4) is 0 Å². The zero-order valence-corrected chi connectivity index (χ0v) is 17.1.